The van der Waals surface area contributed by atoms with Crippen LogP contribution in [0.1, 0.15) is 40.4 Å². The summed E-state index contributed by atoms with van der Waals surface area (Å²) in [6.07, 6.45) is 6.32. The van der Waals surface area contributed by atoms with E-state index >= 15 is 0 Å². The van der Waals surface area contributed by atoms with Gasteiger partial charge in [0, 0.05) is 57.5 Å². The smallest absolute Gasteiger partial charge is 0.263 e. The number of amides is 2. The molecule has 46 heavy (non-hydrogen) atoms. The zero-order valence-electron chi connectivity index (χ0n) is 25.7. The molecule has 0 saturated carbocycles. The van der Waals surface area contributed by atoms with Gasteiger partial charge in [0.2, 0.25) is 5.91 Å². The molecule has 5 aromatic rings. The molecule has 0 radical (unpaired) electrons. The maximum absolute atomic E-state index is 14.1. The van der Waals surface area contributed by atoms with Crippen LogP contribution < -0.4 is 5.56 Å². The van der Waals surface area contributed by atoms with Gasteiger partial charge in [-0.2, -0.15) is 0 Å². The number of aryl methyl sites for hydroxylation is 1. The predicted octanol–water partition coefficient (Wildman–Crippen LogP) is 4.16. The highest BCUT2D eigenvalue weighted by Crippen LogP contribution is 2.37. The van der Waals surface area contributed by atoms with Crippen LogP contribution in [0.15, 0.2) is 90.2 Å². The number of piperidine rings is 2. The minimum absolute atomic E-state index is 0.0273. The number of nitrogens with zero attached hydrogens (tertiary/aromatic N) is 6. The molecule has 10 nitrogen and oxygen atoms in total. The van der Waals surface area contributed by atoms with Crippen molar-refractivity contribution in [3.63, 3.8) is 0 Å². The van der Waals surface area contributed by atoms with Crippen LogP contribution in [0, 0.1) is 5.92 Å². The number of fused-ring (bicyclic) bond motifs is 1. The molecule has 0 spiro atoms. The molecular formula is C35H36N6O4S. The topological polar surface area (TPSA) is 114 Å². The lowest BCUT2D eigenvalue weighted by atomic mass is 9.79. The van der Waals surface area contributed by atoms with Crippen LogP contribution in [-0.2, 0) is 18.4 Å². The average Bonchev–Trinajstić information content (AvgIpc) is 3.74. The summed E-state index contributed by atoms with van der Waals surface area (Å²) < 4.78 is 3.27. The van der Waals surface area contributed by atoms with E-state index in [4.69, 9.17) is 0 Å². The quantitative estimate of drug-likeness (QED) is 0.300. The lowest BCUT2D eigenvalue weighted by Crippen LogP contribution is -2.53. The zero-order chi connectivity index (χ0) is 31.8. The highest BCUT2D eigenvalue weighted by Gasteiger charge is 2.42. The normalized spacial score (nSPS) is 19.8. The van der Waals surface area contributed by atoms with Gasteiger partial charge in [-0.05, 0) is 55.2 Å². The van der Waals surface area contributed by atoms with Gasteiger partial charge in [0.25, 0.3) is 11.5 Å². The van der Waals surface area contributed by atoms with Gasteiger partial charge < -0.3 is 19.5 Å². The fraction of sp³-hybridized carbons (Fsp3) is 0.343. The van der Waals surface area contributed by atoms with Crippen molar-refractivity contribution in [1.82, 2.24) is 28.9 Å². The van der Waals surface area contributed by atoms with E-state index in [2.05, 4.69) is 9.97 Å². The number of hydrogen-bond acceptors (Lipinski definition) is 7. The summed E-state index contributed by atoms with van der Waals surface area (Å²) in [6.45, 7) is 1.87. The summed E-state index contributed by atoms with van der Waals surface area (Å²) in [6, 6.07) is 21.3. The van der Waals surface area contributed by atoms with Gasteiger partial charge in [0.05, 0.1) is 33.0 Å². The first-order chi connectivity index (χ1) is 22.3. The maximum Gasteiger partial charge on any atom is 0.263 e. The first-order valence-corrected chi connectivity index (χ1v) is 16.5. The van der Waals surface area contributed by atoms with Crippen LogP contribution in [0.5, 0.6) is 0 Å². The van der Waals surface area contributed by atoms with E-state index in [0.29, 0.717) is 61.4 Å². The Morgan fingerprint density at radius 3 is 2.50 bits per heavy atom. The maximum atomic E-state index is 14.1. The number of rotatable bonds is 6. The lowest BCUT2D eigenvalue weighted by Gasteiger charge is -2.43. The number of carbonyl (C=O) groups excluding carboxylic acids is 2. The predicted molar refractivity (Wildman–Crippen MR) is 176 cm³/mol. The van der Waals surface area contributed by atoms with Gasteiger partial charge in [0.15, 0.2) is 0 Å². The van der Waals surface area contributed by atoms with Crippen molar-refractivity contribution >= 4 is 34.2 Å². The molecule has 2 aliphatic heterocycles. The monoisotopic (exact) mass is 636 g/mol. The van der Waals surface area contributed by atoms with Crippen molar-refractivity contribution in [3.8, 4) is 10.6 Å². The van der Waals surface area contributed by atoms with E-state index in [-0.39, 0.29) is 35.8 Å². The van der Waals surface area contributed by atoms with Crippen molar-refractivity contribution in [2.24, 2.45) is 13.0 Å². The highest BCUT2D eigenvalue weighted by atomic mass is 32.1. The third kappa shape index (κ3) is 5.76. The van der Waals surface area contributed by atoms with Gasteiger partial charge >= 0.3 is 0 Å². The van der Waals surface area contributed by atoms with Crippen LogP contribution in [0.2, 0.25) is 0 Å². The molecule has 2 atom stereocenters. The molecule has 1 N–H and O–H groups in total. The molecule has 0 aliphatic carbocycles. The van der Waals surface area contributed by atoms with Crippen molar-refractivity contribution < 1.29 is 14.7 Å². The molecule has 7 rings (SSSR count). The molecule has 1 aromatic carbocycles. The lowest BCUT2D eigenvalue weighted by molar-refractivity contribution is -0.142. The summed E-state index contributed by atoms with van der Waals surface area (Å²) in [5.41, 5.74) is 1.19. The third-order valence-corrected chi connectivity index (χ3v) is 10.6. The molecular weight excluding hydrogens is 600 g/mol. The molecule has 236 valence electrons. The van der Waals surface area contributed by atoms with Gasteiger partial charge in [-0.25, -0.2) is 4.98 Å². The SMILES string of the molecule is Cn1ccc2c(=O)n(CC3(O)CCN(C(=O)[C@@H]4CCN(C(=O)c5ccc(-c6ccccn6)s5)C[C@H]4c4ccccc4)CC3)cnc21. The Hall–Kier alpha value is -4.61. The summed E-state index contributed by atoms with van der Waals surface area (Å²) in [5, 5.41) is 12.0. The second-order valence-electron chi connectivity index (χ2n) is 12.4. The first-order valence-electron chi connectivity index (χ1n) is 15.7. The Balaban J connectivity index is 1.04. The van der Waals surface area contributed by atoms with Gasteiger partial charge in [-0.15, -0.1) is 11.3 Å². The van der Waals surface area contributed by atoms with Crippen molar-refractivity contribution in [1.29, 1.82) is 0 Å². The number of hydrogen-bond donors (Lipinski definition) is 1. The largest absolute Gasteiger partial charge is 0.388 e. The van der Waals surface area contributed by atoms with E-state index in [0.717, 1.165) is 16.1 Å². The molecule has 11 heteroatoms. The van der Waals surface area contributed by atoms with E-state index in [1.54, 1.807) is 23.0 Å². The fourth-order valence-corrected chi connectivity index (χ4v) is 7.82. The van der Waals surface area contributed by atoms with Gasteiger partial charge in [-0.1, -0.05) is 36.4 Å². The van der Waals surface area contributed by atoms with E-state index < -0.39 is 5.60 Å². The Kier molecular flexibility index (Phi) is 8.04. The van der Waals surface area contributed by atoms with Crippen molar-refractivity contribution in [2.75, 3.05) is 26.2 Å². The van der Waals surface area contributed by atoms with Crippen LogP contribution in [-0.4, -0.2) is 77.6 Å². The molecule has 6 heterocycles. The second-order valence-corrected chi connectivity index (χ2v) is 13.5. The molecule has 4 aromatic heterocycles. The zero-order valence-corrected chi connectivity index (χ0v) is 26.5. The summed E-state index contributed by atoms with van der Waals surface area (Å²) in [5.74, 6) is -0.399. The van der Waals surface area contributed by atoms with E-state index in [1.807, 2.05) is 77.5 Å². The molecule has 2 amide bonds. The number of benzene rings is 1. The summed E-state index contributed by atoms with van der Waals surface area (Å²) >= 11 is 1.44. The highest BCUT2D eigenvalue weighted by molar-refractivity contribution is 7.17. The number of likely N-dealkylation sites (tertiary alicyclic amines) is 2. The molecule has 0 unspecified atom stereocenters. The third-order valence-electron chi connectivity index (χ3n) is 9.50. The first kappa shape index (κ1) is 30.1. The molecule has 2 fully saturated rings. The van der Waals surface area contributed by atoms with Crippen LogP contribution in [0.25, 0.3) is 21.6 Å². The fourth-order valence-electron chi connectivity index (χ4n) is 6.87. The summed E-state index contributed by atoms with van der Waals surface area (Å²) in [7, 11) is 1.84. The van der Waals surface area contributed by atoms with Crippen LogP contribution in [0.4, 0.5) is 0 Å². The Morgan fingerprint density at radius 2 is 1.74 bits per heavy atom. The van der Waals surface area contributed by atoms with Crippen LogP contribution >= 0.6 is 11.3 Å². The minimum atomic E-state index is -1.12. The average molecular weight is 637 g/mol. The standard InChI is InChI=1S/C35H36N6O4S/c1-38-17-12-26-31(38)37-23-41(33(26)43)22-35(45)14-19-39(20-15-35)32(42)25-13-18-40(21-27(25)24-7-3-2-4-8-24)34(44)30-11-10-29(46-30)28-9-5-6-16-36-28/h2-12,16-17,23,25,27,45H,13-15,18-22H2,1H3/t25-,27+/m1/s1. The summed E-state index contributed by atoms with van der Waals surface area (Å²) in [4.78, 5) is 55.0. The van der Waals surface area contributed by atoms with Crippen molar-refractivity contribution in [2.45, 2.75) is 37.3 Å². The minimum Gasteiger partial charge on any atom is -0.388 e. The molecule has 2 aliphatic rings. The number of aromatic nitrogens is 4. The number of pyridine rings is 1. The Morgan fingerprint density at radius 1 is 0.957 bits per heavy atom. The number of carbonyl (C=O) groups is 2. The number of aliphatic hydroxyl groups is 1. The molecule has 0 bridgehead atoms. The molecule has 2 saturated heterocycles. The van der Waals surface area contributed by atoms with Gasteiger partial charge in [-0.3, -0.25) is 23.9 Å². The van der Waals surface area contributed by atoms with E-state index in [1.165, 1.54) is 22.2 Å². The Bertz CT molecular complexity index is 1930. The van der Waals surface area contributed by atoms with E-state index in [9.17, 15) is 19.5 Å². The Labute approximate surface area is 270 Å². The number of thiophene rings is 1. The van der Waals surface area contributed by atoms with Crippen molar-refractivity contribution in [3.05, 3.63) is 106 Å². The van der Waals surface area contributed by atoms with Crippen LogP contribution in [0.3, 0.4) is 0 Å². The second kappa shape index (κ2) is 12.3. The van der Waals surface area contributed by atoms with Gasteiger partial charge in [0.1, 0.15) is 12.0 Å².